The minimum absolute atomic E-state index is 0.0620. The maximum absolute atomic E-state index is 11.8. The Bertz CT molecular complexity index is 1600. The van der Waals surface area contributed by atoms with Crippen LogP contribution in [0.5, 0.6) is 0 Å². The third-order valence-corrected chi connectivity index (χ3v) is 7.62. The van der Waals surface area contributed by atoms with Crippen molar-refractivity contribution in [3.05, 3.63) is 71.0 Å². The fraction of sp³-hybridized carbons (Fsp3) is 0.259. The minimum Gasteiger partial charge on any atom is -0.346 e. The molecule has 37 heavy (non-hydrogen) atoms. The van der Waals surface area contributed by atoms with Crippen molar-refractivity contribution in [1.82, 2.24) is 19.8 Å². The molecule has 2 N–H and O–H groups in total. The molecule has 0 radical (unpaired) electrons. The van der Waals surface area contributed by atoms with Gasteiger partial charge in [-0.3, -0.25) is 9.62 Å². The van der Waals surface area contributed by atoms with E-state index >= 15 is 0 Å². The average Bonchev–Trinajstić information content (AvgIpc) is 3.30. The number of aromatic amines is 1. The van der Waals surface area contributed by atoms with Gasteiger partial charge in [-0.2, -0.15) is 5.26 Å². The smallest absolute Gasteiger partial charge is 0.229 e. The summed E-state index contributed by atoms with van der Waals surface area (Å²) in [4.78, 5) is 12.6. The number of fused-ring (bicyclic) bond motifs is 1. The number of rotatable bonds is 6. The Labute approximate surface area is 221 Å². The number of hydrogen-bond donors (Lipinski definition) is 2. The van der Waals surface area contributed by atoms with Gasteiger partial charge in [0.2, 0.25) is 10.0 Å². The van der Waals surface area contributed by atoms with Gasteiger partial charge >= 0.3 is 0 Å². The molecule has 190 valence electrons. The average molecular weight is 535 g/mol. The van der Waals surface area contributed by atoms with Crippen LogP contribution in [-0.4, -0.2) is 67.7 Å². The number of likely N-dealkylation sites (N-methyl/N-ethyl adjacent to an activating group) is 1. The van der Waals surface area contributed by atoms with Gasteiger partial charge in [0.15, 0.2) is 0 Å². The predicted molar refractivity (Wildman–Crippen MR) is 148 cm³/mol. The van der Waals surface area contributed by atoms with E-state index in [1.54, 1.807) is 18.3 Å². The normalized spacial score (nSPS) is 15.1. The fourth-order valence-electron chi connectivity index (χ4n) is 4.60. The summed E-state index contributed by atoms with van der Waals surface area (Å²) in [6.45, 7) is 5.29. The highest BCUT2D eigenvalue weighted by molar-refractivity contribution is 7.92. The number of piperazine rings is 1. The highest BCUT2D eigenvalue weighted by atomic mass is 35.5. The minimum atomic E-state index is -3.58. The van der Waals surface area contributed by atoms with Crippen LogP contribution in [0.4, 0.5) is 5.69 Å². The van der Waals surface area contributed by atoms with Crippen molar-refractivity contribution in [3.63, 3.8) is 0 Å². The van der Waals surface area contributed by atoms with Gasteiger partial charge in [-0.05, 0) is 41.9 Å². The predicted octanol–water partition coefficient (Wildman–Crippen LogP) is 4.54. The molecule has 1 fully saturated rings. The largest absolute Gasteiger partial charge is 0.346 e. The highest BCUT2D eigenvalue weighted by Gasteiger charge is 2.17. The van der Waals surface area contributed by atoms with E-state index in [0.717, 1.165) is 61.1 Å². The zero-order chi connectivity index (χ0) is 26.2. The van der Waals surface area contributed by atoms with Gasteiger partial charge in [0.25, 0.3) is 0 Å². The number of H-pyrrole nitrogens is 1. The summed E-state index contributed by atoms with van der Waals surface area (Å²) < 4.78 is 26.1. The number of anilines is 1. The first-order valence-corrected chi connectivity index (χ1v) is 14.2. The van der Waals surface area contributed by atoms with Crippen LogP contribution in [0.15, 0.2) is 54.9 Å². The molecule has 4 aromatic rings. The van der Waals surface area contributed by atoms with Crippen molar-refractivity contribution in [2.24, 2.45) is 0 Å². The van der Waals surface area contributed by atoms with Gasteiger partial charge < -0.3 is 9.88 Å². The van der Waals surface area contributed by atoms with Gasteiger partial charge in [-0.1, -0.05) is 35.9 Å². The van der Waals surface area contributed by atoms with Crippen LogP contribution < -0.4 is 4.72 Å². The Morgan fingerprint density at radius 2 is 1.81 bits per heavy atom. The second-order valence-corrected chi connectivity index (χ2v) is 11.6. The summed E-state index contributed by atoms with van der Waals surface area (Å²) in [5.41, 5.74) is 5.77. The molecule has 3 heterocycles. The topological polar surface area (TPSA) is 105 Å². The van der Waals surface area contributed by atoms with E-state index in [2.05, 4.69) is 55.8 Å². The molecule has 8 nitrogen and oxygen atoms in total. The molecule has 0 spiro atoms. The number of nitriles is 1. The standard InChI is InChI=1S/C27H27ClN6O2S/c1-33-7-9-34(10-8-33)17-18-3-5-19(6-4-18)22-12-23-24(16-31-27(23)30-15-22)20-11-21(14-29)26(28)25(13-20)32-37(2,35)36/h3-6,11-13,15-16,32H,7-10,17H2,1-2H3,(H,30,31). The summed E-state index contributed by atoms with van der Waals surface area (Å²) in [6.07, 6.45) is 4.67. The Morgan fingerprint density at radius 3 is 2.49 bits per heavy atom. The Kier molecular flexibility index (Phi) is 6.92. The first kappa shape index (κ1) is 25.2. The summed E-state index contributed by atoms with van der Waals surface area (Å²) >= 11 is 6.28. The molecule has 2 aromatic carbocycles. The Hall–Kier alpha value is -3.42. The number of aromatic nitrogens is 2. The van der Waals surface area contributed by atoms with Crippen molar-refractivity contribution in [2.75, 3.05) is 44.2 Å². The molecule has 5 rings (SSSR count). The number of nitrogens with zero attached hydrogens (tertiary/aromatic N) is 4. The third kappa shape index (κ3) is 5.63. The first-order valence-electron chi connectivity index (χ1n) is 11.9. The van der Waals surface area contributed by atoms with E-state index in [-0.39, 0.29) is 16.3 Å². The fourth-order valence-corrected chi connectivity index (χ4v) is 5.42. The maximum Gasteiger partial charge on any atom is 0.229 e. The number of pyridine rings is 1. The number of nitrogens with one attached hydrogen (secondary N) is 2. The molecule has 0 atom stereocenters. The SMILES string of the molecule is CN1CCN(Cc2ccc(-c3cnc4[nH]cc(-c5cc(C#N)c(Cl)c(NS(C)(=O)=O)c5)c4c3)cc2)CC1. The van der Waals surface area contributed by atoms with E-state index < -0.39 is 10.0 Å². The van der Waals surface area contributed by atoms with Crippen molar-refractivity contribution in [2.45, 2.75) is 6.54 Å². The van der Waals surface area contributed by atoms with Crippen molar-refractivity contribution in [3.8, 4) is 28.3 Å². The van der Waals surface area contributed by atoms with E-state index in [1.807, 2.05) is 18.3 Å². The quantitative estimate of drug-likeness (QED) is 0.376. The van der Waals surface area contributed by atoms with Crippen LogP contribution in [0.2, 0.25) is 5.02 Å². The van der Waals surface area contributed by atoms with Crippen LogP contribution >= 0.6 is 11.6 Å². The van der Waals surface area contributed by atoms with E-state index in [0.29, 0.717) is 11.2 Å². The third-order valence-electron chi connectivity index (χ3n) is 6.62. The lowest BCUT2D eigenvalue weighted by atomic mass is 10.00. The van der Waals surface area contributed by atoms with Crippen LogP contribution in [0.1, 0.15) is 11.1 Å². The molecule has 1 aliphatic heterocycles. The van der Waals surface area contributed by atoms with Crippen LogP contribution in [0.3, 0.4) is 0 Å². The van der Waals surface area contributed by atoms with Crippen LogP contribution in [0, 0.1) is 11.3 Å². The Balaban J connectivity index is 1.46. The molecular weight excluding hydrogens is 508 g/mol. The highest BCUT2D eigenvalue weighted by Crippen LogP contribution is 2.36. The van der Waals surface area contributed by atoms with Gasteiger partial charge in [-0.15, -0.1) is 0 Å². The van der Waals surface area contributed by atoms with Crippen molar-refractivity contribution in [1.29, 1.82) is 5.26 Å². The van der Waals surface area contributed by atoms with Gasteiger partial charge in [0, 0.05) is 61.6 Å². The molecular formula is C27H27ClN6O2S. The number of hydrogen-bond acceptors (Lipinski definition) is 6. The van der Waals surface area contributed by atoms with Crippen molar-refractivity contribution < 1.29 is 8.42 Å². The maximum atomic E-state index is 11.8. The van der Waals surface area contributed by atoms with Gasteiger partial charge in [-0.25, -0.2) is 13.4 Å². The van der Waals surface area contributed by atoms with Gasteiger partial charge in [0.05, 0.1) is 22.5 Å². The summed E-state index contributed by atoms with van der Waals surface area (Å²) in [5, 5.41) is 10.5. The molecule has 10 heteroatoms. The zero-order valence-corrected chi connectivity index (χ0v) is 22.2. The second kappa shape index (κ2) is 10.1. The molecule has 0 saturated carbocycles. The molecule has 1 aliphatic rings. The zero-order valence-electron chi connectivity index (χ0n) is 20.6. The van der Waals surface area contributed by atoms with E-state index in [9.17, 15) is 13.7 Å². The molecule has 2 aromatic heterocycles. The van der Waals surface area contributed by atoms with E-state index in [4.69, 9.17) is 11.6 Å². The first-order chi connectivity index (χ1) is 17.7. The molecule has 0 amide bonds. The number of sulfonamides is 1. The molecule has 0 bridgehead atoms. The summed E-state index contributed by atoms with van der Waals surface area (Å²) in [5.74, 6) is 0. The lowest BCUT2D eigenvalue weighted by Gasteiger charge is -2.32. The van der Waals surface area contributed by atoms with Gasteiger partial charge in [0.1, 0.15) is 11.7 Å². The molecule has 0 unspecified atom stereocenters. The van der Waals surface area contributed by atoms with Crippen LogP contribution in [-0.2, 0) is 16.6 Å². The lowest BCUT2D eigenvalue weighted by Crippen LogP contribution is -2.43. The molecule has 1 saturated heterocycles. The van der Waals surface area contributed by atoms with E-state index in [1.165, 1.54) is 5.56 Å². The molecule has 0 aliphatic carbocycles. The van der Waals surface area contributed by atoms with Crippen LogP contribution in [0.25, 0.3) is 33.3 Å². The number of benzene rings is 2. The number of halogens is 1. The van der Waals surface area contributed by atoms with Crippen molar-refractivity contribution >= 4 is 38.3 Å². The summed E-state index contributed by atoms with van der Waals surface area (Å²) in [7, 11) is -1.42. The lowest BCUT2D eigenvalue weighted by molar-refractivity contribution is 0.148. The Morgan fingerprint density at radius 1 is 1.08 bits per heavy atom. The second-order valence-electron chi connectivity index (χ2n) is 9.47. The monoisotopic (exact) mass is 534 g/mol. The summed E-state index contributed by atoms with van der Waals surface area (Å²) in [6, 6.07) is 15.9.